The van der Waals surface area contributed by atoms with Gasteiger partial charge in [0, 0.05) is 42.3 Å². The Kier molecular flexibility index (Phi) is 7.43. The molecule has 0 saturated carbocycles. The van der Waals surface area contributed by atoms with Crippen molar-refractivity contribution in [2.45, 2.75) is 18.4 Å². The van der Waals surface area contributed by atoms with Crippen LogP contribution in [0.4, 0.5) is 11.4 Å². The van der Waals surface area contributed by atoms with Crippen molar-refractivity contribution in [2.75, 3.05) is 36.0 Å². The largest absolute Gasteiger partial charge is 0.368 e. The zero-order chi connectivity index (χ0) is 27.5. The second-order valence-electron chi connectivity index (χ2n) is 10.2. The molecule has 6 rings (SSSR count). The van der Waals surface area contributed by atoms with E-state index in [1.54, 1.807) is 0 Å². The Hall–Kier alpha value is -4.29. The topological polar surface area (TPSA) is 43.9 Å². The Morgan fingerprint density at radius 1 is 0.825 bits per heavy atom. The van der Waals surface area contributed by atoms with Gasteiger partial charge in [0.05, 0.1) is 17.1 Å². The van der Waals surface area contributed by atoms with Gasteiger partial charge in [0.2, 0.25) is 0 Å². The Balaban J connectivity index is 1.17. The number of carbonyl (C=O) groups is 2. The highest BCUT2D eigenvalue weighted by atomic mass is 32.2. The monoisotopic (exact) mass is 545 g/mol. The number of anilines is 2. The van der Waals surface area contributed by atoms with Gasteiger partial charge in [-0.05, 0) is 60.5 Å². The van der Waals surface area contributed by atoms with Gasteiger partial charge in [0.25, 0.3) is 11.8 Å². The molecule has 2 aliphatic heterocycles. The summed E-state index contributed by atoms with van der Waals surface area (Å²) in [6, 6.07) is 34.3. The smallest absolute Gasteiger partial charge is 0.265 e. The maximum Gasteiger partial charge on any atom is 0.265 e. The summed E-state index contributed by atoms with van der Waals surface area (Å²) < 4.78 is 0. The van der Waals surface area contributed by atoms with E-state index in [1.807, 2.05) is 82.6 Å². The zero-order valence-electron chi connectivity index (χ0n) is 22.5. The van der Waals surface area contributed by atoms with Crippen molar-refractivity contribution in [3.05, 3.63) is 130 Å². The van der Waals surface area contributed by atoms with Gasteiger partial charge in [0.15, 0.2) is 0 Å². The third-order valence-electron chi connectivity index (χ3n) is 7.40. The molecule has 2 aliphatic rings. The van der Waals surface area contributed by atoms with E-state index in [-0.39, 0.29) is 11.8 Å². The van der Waals surface area contributed by atoms with E-state index in [0.717, 1.165) is 34.8 Å². The number of benzene rings is 4. The first-order valence-electron chi connectivity index (χ1n) is 13.6. The second-order valence-corrected chi connectivity index (χ2v) is 11.3. The molecule has 200 valence electrons. The first-order valence-corrected chi connectivity index (χ1v) is 14.4. The lowest BCUT2D eigenvalue weighted by molar-refractivity contribution is -0.114. The zero-order valence-corrected chi connectivity index (χ0v) is 23.3. The number of amides is 2. The van der Waals surface area contributed by atoms with Gasteiger partial charge in [-0.15, -0.1) is 0 Å². The van der Waals surface area contributed by atoms with Crippen LogP contribution < -0.4 is 9.80 Å². The summed E-state index contributed by atoms with van der Waals surface area (Å²) in [4.78, 5) is 34.7. The van der Waals surface area contributed by atoms with Crippen LogP contribution in [0.2, 0.25) is 0 Å². The van der Waals surface area contributed by atoms with Gasteiger partial charge in [-0.3, -0.25) is 9.59 Å². The number of thioether (sulfide) groups is 1. The molecule has 0 aliphatic carbocycles. The minimum atomic E-state index is -0.0124. The highest BCUT2D eigenvalue weighted by Crippen LogP contribution is 2.42. The summed E-state index contributed by atoms with van der Waals surface area (Å²) >= 11 is 1.50. The third-order valence-corrected chi connectivity index (χ3v) is 8.48. The van der Waals surface area contributed by atoms with Gasteiger partial charge in [-0.25, -0.2) is 0 Å². The Morgan fingerprint density at radius 2 is 1.55 bits per heavy atom. The first kappa shape index (κ1) is 26.0. The summed E-state index contributed by atoms with van der Waals surface area (Å²) in [6.07, 6.45) is 1.93. The molecule has 4 aromatic carbocycles. The van der Waals surface area contributed by atoms with E-state index in [2.05, 4.69) is 48.2 Å². The predicted molar refractivity (Wildman–Crippen MR) is 164 cm³/mol. The lowest BCUT2D eigenvalue weighted by atomic mass is 10.1. The van der Waals surface area contributed by atoms with Crippen LogP contribution in [0.1, 0.15) is 27.0 Å². The summed E-state index contributed by atoms with van der Waals surface area (Å²) in [7, 11) is 0. The molecule has 0 spiro atoms. The number of nitrogens with zero attached hydrogens (tertiary/aromatic N) is 3. The van der Waals surface area contributed by atoms with Crippen molar-refractivity contribution < 1.29 is 9.59 Å². The number of piperazine rings is 1. The number of rotatable bonds is 5. The number of hydrogen-bond donors (Lipinski definition) is 0. The standard InChI is InChI=1S/C34H31N3O2S/c1-25-8-7-9-27(22-25)24-37-30-12-5-6-13-31(30)40-32(34(37)39)23-26-14-16-28(17-15-26)33(38)36-20-18-35(19-21-36)29-10-3-2-4-11-29/h2-17,22-23H,18-21,24H2,1H3/b32-23+. The van der Waals surface area contributed by atoms with Crippen LogP contribution in [-0.2, 0) is 11.3 Å². The van der Waals surface area contributed by atoms with Crippen LogP contribution >= 0.6 is 11.8 Å². The van der Waals surface area contributed by atoms with Crippen molar-refractivity contribution in [3.63, 3.8) is 0 Å². The van der Waals surface area contributed by atoms with E-state index in [9.17, 15) is 9.59 Å². The molecule has 0 aromatic heterocycles. The minimum Gasteiger partial charge on any atom is -0.368 e. The van der Waals surface area contributed by atoms with Crippen molar-refractivity contribution in [1.29, 1.82) is 0 Å². The Morgan fingerprint density at radius 3 is 2.30 bits per heavy atom. The van der Waals surface area contributed by atoms with Crippen LogP contribution in [0.5, 0.6) is 0 Å². The molecular formula is C34H31N3O2S. The number of fused-ring (bicyclic) bond motifs is 1. The van der Waals surface area contributed by atoms with Crippen LogP contribution in [-0.4, -0.2) is 42.9 Å². The normalized spacial score (nSPS) is 16.3. The van der Waals surface area contributed by atoms with Crippen LogP contribution in [0, 0.1) is 6.92 Å². The fourth-order valence-electron chi connectivity index (χ4n) is 5.27. The molecule has 0 bridgehead atoms. The highest BCUT2D eigenvalue weighted by molar-refractivity contribution is 8.04. The Labute approximate surface area is 239 Å². The van der Waals surface area contributed by atoms with Crippen LogP contribution in [0.3, 0.4) is 0 Å². The lowest BCUT2D eigenvalue weighted by Crippen LogP contribution is -2.48. The fourth-order valence-corrected chi connectivity index (χ4v) is 6.33. The number of aryl methyl sites for hydroxylation is 1. The van der Waals surface area contributed by atoms with E-state index in [1.165, 1.54) is 23.0 Å². The molecule has 1 saturated heterocycles. The second kappa shape index (κ2) is 11.4. The van der Waals surface area contributed by atoms with Crippen molar-refractivity contribution >= 4 is 41.0 Å². The maximum absolute atomic E-state index is 13.7. The predicted octanol–water partition coefficient (Wildman–Crippen LogP) is 6.64. The lowest BCUT2D eigenvalue weighted by Gasteiger charge is -2.36. The average Bonchev–Trinajstić information content (AvgIpc) is 3.00. The van der Waals surface area contributed by atoms with Crippen LogP contribution in [0.15, 0.2) is 113 Å². The summed E-state index contributed by atoms with van der Waals surface area (Å²) in [6.45, 7) is 5.61. The molecule has 0 radical (unpaired) electrons. The molecule has 0 N–H and O–H groups in total. The highest BCUT2D eigenvalue weighted by Gasteiger charge is 2.29. The molecule has 0 unspecified atom stereocenters. The number of carbonyl (C=O) groups excluding carboxylic acids is 2. The molecule has 1 fully saturated rings. The molecule has 2 amide bonds. The van der Waals surface area contributed by atoms with Gasteiger partial charge >= 0.3 is 0 Å². The van der Waals surface area contributed by atoms with Gasteiger partial charge in [-0.1, -0.05) is 84.1 Å². The first-order chi connectivity index (χ1) is 19.5. The molecular weight excluding hydrogens is 514 g/mol. The van der Waals surface area contributed by atoms with Gasteiger partial charge in [-0.2, -0.15) is 0 Å². The van der Waals surface area contributed by atoms with E-state index in [4.69, 9.17) is 0 Å². The average molecular weight is 546 g/mol. The minimum absolute atomic E-state index is 0.0124. The van der Waals surface area contributed by atoms with Crippen molar-refractivity contribution in [1.82, 2.24) is 4.90 Å². The van der Waals surface area contributed by atoms with E-state index < -0.39 is 0 Å². The molecule has 5 nitrogen and oxygen atoms in total. The van der Waals surface area contributed by atoms with E-state index in [0.29, 0.717) is 30.1 Å². The number of para-hydroxylation sites is 2. The van der Waals surface area contributed by atoms with Gasteiger partial charge < -0.3 is 14.7 Å². The SMILES string of the molecule is Cc1cccc(CN2C(=O)/C(=C\c3ccc(C(=O)N4CCN(c5ccccc5)CC4)cc3)Sc3ccccc32)c1. The van der Waals surface area contributed by atoms with Crippen LogP contribution in [0.25, 0.3) is 6.08 Å². The summed E-state index contributed by atoms with van der Waals surface area (Å²) in [5.74, 6) is 0.0370. The molecule has 2 heterocycles. The Bertz CT molecular complexity index is 1560. The van der Waals surface area contributed by atoms with Crippen molar-refractivity contribution in [2.24, 2.45) is 0 Å². The molecule has 4 aromatic rings. The van der Waals surface area contributed by atoms with Gasteiger partial charge in [0.1, 0.15) is 0 Å². The fraction of sp³-hybridized carbons (Fsp3) is 0.176. The summed E-state index contributed by atoms with van der Waals surface area (Å²) in [5.41, 5.74) is 5.97. The third kappa shape index (κ3) is 5.54. The molecule has 0 atom stereocenters. The maximum atomic E-state index is 13.7. The quantitative estimate of drug-likeness (QED) is 0.264. The van der Waals surface area contributed by atoms with Crippen molar-refractivity contribution in [3.8, 4) is 0 Å². The molecule has 6 heteroatoms. The van der Waals surface area contributed by atoms with E-state index >= 15 is 0 Å². The summed E-state index contributed by atoms with van der Waals surface area (Å²) in [5, 5.41) is 0. The molecule has 40 heavy (non-hydrogen) atoms. The number of hydrogen-bond acceptors (Lipinski definition) is 4.